The molecule has 3 N–H and O–H groups in total. The monoisotopic (exact) mass is 346 g/mol. The molecule has 0 fully saturated rings. The van der Waals surface area contributed by atoms with Gasteiger partial charge in [-0.25, -0.2) is 14.3 Å². The number of urea groups is 1. The molecule has 1 aromatic carbocycles. The number of rotatable bonds is 3. The highest BCUT2D eigenvalue weighted by Crippen LogP contribution is 2.12. The first-order valence-corrected chi connectivity index (χ1v) is 7.43. The molecule has 0 saturated carbocycles. The van der Waals surface area contributed by atoms with Gasteiger partial charge in [-0.3, -0.25) is 14.9 Å². The zero-order valence-corrected chi connectivity index (χ0v) is 14.0. The van der Waals surface area contributed by atoms with Gasteiger partial charge in [0, 0.05) is 10.9 Å². The van der Waals surface area contributed by atoms with Gasteiger partial charge in [-0.15, -0.1) is 0 Å². The second-order valence-electron chi connectivity index (χ2n) is 6.41. The molecule has 9 nitrogen and oxygen atoms in total. The van der Waals surface area contributed by atoms with E-state index in [1.165, 1.54) is 12.1 Å². The van der Waals surface area contributed by atoms with Crippen LogP contribution in [0.2, 0.25) is 0 Å². The molecule has 0 saturated heterocycles. The number of aromatic carboxylic acids is 1. The highest BCUT2D eigenvalue weighted by molar-refractivity contribution is 6.01. The summed E-state index contributed by atoms with van der Waals surface area (Å²) in [6, 6.07) is 5.37. The molecule has 0 unspecified atom stereocenters. The maximum Gasteiger partial charge on any atom is 0.357 e. The summed E-state index contributed by atoms with van der Waals surface area (Å²) in [6.07, 6.45) is 0. The van der Waals surface area contributed by atoms with Crippen LogP contribution in [0.4, 0.5) is 4.79 Å². The highest BCUT2D eigenvalue weighted by Gasteiger charge is 2.19. The summed E-state index contributed by atoms with van der Waals surface area (Å²) in [6.45, 7) is 4.64. The summed E-state index contributed by atoms with van der Waals surface area (Å²) >= 11 is 0. The lowest BCUT2D eigenvalue weighted by atomic mass is 10.1. The smallest absolute Gasteiger partial charge is 0.357 e. The van der Waals surface area contributed by atoms with Crippen molar-refractivity contribution in [3.8, 4) is 0 Å². The number of carboxylic acid groups (broad SMARTS) is 1. The molecule has 0 atom stereocenters. The fourth-order valence-electron chi connectivity index (χ4n) is 2.17. The number of fused-ring (bicyclic) bond motifs is 1. The van der Waals surface area contributed by atoms with Gasteiger partial charge in [0.15, 0.2) is 5.69 Å². The van der Waals surface area contributed by atoms with Crippen LogP contribution in [0.25, 0.3) is 10.8 Å². The molecule has 2 rings (SSSR count). The van der Waals surface area contributed by atoms with Crippen molar-refractivity contribution in [1.82, 2.24) is 20.4 Å². The van der Waals surface area contributed by atoms with Crippen LogP contribution in [-0.2, 0) is 11.3 Å². The largest absolute Gasteiger partial charge is 0.476 e. The Balaban J connectivity index is 2.31. The number of hydrogen-bond acceptors (Lipinski definition) is 5. The molecule has 25 heavy (non-hydrogen) atoms. The van der Waals surface area contributed by atoms with Crippen LogP contribution in [0.1, 0.15) is 31.3 Å². The Morgan fingerprint density at radius 1 is 1.16 bits per heavy atom. The normalized spacial score (nSPS) is 11.2. The molecule has 9 heteroatoms. The first-order valence-electron chi connectivity index (χ1n) is 7.43. The van der Waals surface area contributed by atoms with Crippen LogP contribution in [0.5, 0.6) is 0 Å². The van der Waals surface area contributed by atoms with E-state index in [0.29, 0.717) is 0 Å². The Labute approximate surface area is 142 Å². The van der Waals surface area contributed by atoms with Crippen molar-refractivity contribution >= 4 is 28.7 Å². The van der Waals surface area contributed by atoms with Crippen molar-refractivity contribution in [3.63, 3.8) is 0 Å². The van der Waals surface area contributed by atoms with E-state index in [1.807, 2.05) is 0 Å². The number of aromatic nitrogens is 2. The Hall–Kier alpha value is -3.23. The van der Waals surface area contributed by atoms with Crippen LogP contribution in [0, 0.1) is 0 Å². The number of hydrogen-bond donors (Lipinski definition) is 3. The fraction of sp³-hybridized carbons (Fsp3) is 0.312. The number of nitrogens with one attached hydrogen (secondary N) is 2. The zero-order chi connectivity index (χ0) is 18.8. The zero-order valence-electron chi connectivity index (χ0n) is 14.0. The van der Waals surface area contributed by atoms with E-state index < -0.39 is 35.6 Å². The molecular weight excluding hydrogens is 328 g/mol. The molecule has 3 amide bonds. The molecular formula is C16H18N4O5. The van der Waals surface area contributed by atoms with Crippen molar-refractivity contribution in [2.75, 3.05) is 0 Å². The predicted octanol–water partition coefficient (Wildman–Crippen LogP) is 0.719. The molecule has 1 aromatic heterocycles. The summed E-state index contributed by atoms with van der Waals surface area (Å²) in [4.78, 5) is 47.4. The van der Waals surface area contributed by atoms with Crippen molar-refractivity contribution in [1.29, 1.82) is 0 Å². The summed E-state index contributed by atoms with van der Waals surface area (Å²) in [7, 11) is 0. The van der Waals surface area contributed by atoms with Gasteiger partial charge in [-0.1, -0.05) is 18.2 Å². The molecule has 0 aliphatic heterocycles. The predicted molar refractivity (Wildman–Crippen MR) is 89.4 cm³/mol. The van der Waals surface area contributed by atoms with Crippen LogP contribution in [-0.4, -0.2) is 38.3 Å². The average Bonchev–Trinajstić information content (AvgIpc) is 2.47. The van der Waals surface area contributed by atoms with E-state index in [4.69, 9.17) is 0 Å². The molecule has 0 bridgehead atoms. The number of nitrogens with zero attached hydrogens (tertiary/aromatic N) is 2. The van der Waals surface area contributed by atoms with Gasteiger partial charge in [0.05, 0.1) is 5.39 Å². The summed E-state index contributed by atoms with van der Waals surface area (Å²) in [5.41, 5.74) is -1.51. The average molecular weight is 346 g/mol. The maximum atomic E-state index is 12.4. The lowest BCUT2D eigenvalue weighted by Gasteiger charge is -2.20. The first-order chi connectivity index (χ1) is 11.6. The van der Waals surface area contributed by atoms with E-state index in [1.54, 1.807) is 32.9 Å². The SMILES string of the molecule is CC(C)(C)NC(=O)NC(=O)Cn1nc(C(=O)O)c2ccccc2c1=O. The minimum Gasteiger partial charge on any atom is -0.476 e. The minimum atomic E-state index is -1.32. The van der Waals surface area contributed by atoms with Crippen molar-refractivity contribution in [3.05, 3.63) is 40.3 Å². The lowest BCUT2D eigenvalue weighted by molar-refractivity contribution is -0.120. The fourth-order valence-corrected chi connectivity index (χ4v) is 2.17. The molecule has 1 heterocycles. The molecule has 0 aliphatic rings. The molecule has 0 radical (unpaired) electrons. The number of carboxylic acids is 1. The van der Waals surface area contributed by atoms with Gasteiger partial charge in [-0.05, 0) is 26.8 Å². The molecule has 2 aromatic rings. The van der Waals surface area contributed by atoms with Gasteiger partial charge in [0.2, 0.25) is 5.91 Å². The third kappa shape index (κ3) is 4.40. The van der Waals surface area contributed by atoms with E-state index >= 15 is 0 Å². The van der Waals surface area contributed by atoms with Crippen molar-refractivity contribution in [2.24, 2.45) is 0 Å². The number of imide groups is 1. The number of carbonyl (C=O) groups excluding carboxylic acids is 2. The summed E-state index contributed by atoms with van der Waals surface area (Å²) in [5.74, 6) is -2.11. The maximum absolute atomic E-state index is 12.4. The topological polar surface area (TPSA) is 130 Å². The third-order valence-corrected chi connectivity index (χ3v) is 3.11. The van der Waals surface area contributed by atoms with Gasteiger partial charge in [0.25, 0.3) is 5.56 Å². The molecule has 132 valence electrons. The van der Waals surface area contributed by atoms with Gasteiger partial charge in [-0.2, -0.15) is 5.10 Å². The van der Waals surface area contributed by atoms with E-state index in [-0.39, 0.29) is 16.5 Å². The van der Waals surface area contributed by atoms with E-state index in [9.17, 15) is 24.3 Å². The minimum absolute atomic E-state index is 0.127. The summed E-state index contributed by atoms with van der Waals surface area (Å²) in [5, 5.41) is 17.9. The standard InChI is InChI=1S/C16H18N4O5/c1-16(2,3)18-15(25)17-11(21)8-20-13(22)10-7-5-4-6-9(10)12(19-20)14(23)24/h4-7H,8H2,1-3H3,(H,23,24)(H2,17,18,21,25). The number of carbonyl (C=O) groups is 3. The van der Waals surface area contributed by atoms with Crippen LogP contribution in [0.15, 0.2) is 29.1 Å². The van der Waals surface area contributed by atoms with Gasteiger partial charge < -0.3 is 10.4 Å². The third-order valence-electron chi connectivity index (χ3n) is 3.11. The second kappa shape index (κ2) is 6.71. The lowest BCUT2D eigenvalue weighted by Crippen LogP contribution is -2.49. The Morgan fingerprint density at radius 3 is 2.32 bits per heavy atom. The number of amides is 3. The number of benzene rings is 1. The summed E-state index contributed by atoms with van der Waals surface area (Å²) < 4.78 is 0.728. The van der Waals surface area contributed by atoms with Gasteiger partial charge >= 0.3 is 12.0 Å². The quantitative estimate of drug-likeness (QED) is 0.750. The Bertz CT molecular complexity index is 911. The van der Waals surface area contributed by atoms with Crippen molar-refractivity contribution < 1.29 is 19.5 Å². The van der Waals surface area contributed by atoms with Crippen LogP contribution in [0.3, 0.4) is 0 Å². The van der Waals surface area contributed by atoms with E-state index in [2.05, 4.69) is 15.7 Å². The Kier molecular flexibility index (Phi) is 4.87. The van der Waals surface area contributed by atoms with Crippen LogP contribution >= 0.6 is 0 Å². The van der Waals surface area contributed by atoms with E-state index in [0.717, 1.165) is 4.68 Å². The molecule has 0 aliphatic carbocycles. The highest BCUT2D eigenvalue weighted by atomic mass is 16.4. The molecule has 0 spiro atoms. The van der Waals surface area contributed by atoms with Crippen LogP contribution < -0.4 is 16.2 Å². The van der Waals surface area contributed by atoms with Gasteiger partial charge in [0.1, 0.15) is 6.54 Å². The second-order valence-corrected chi connectivity index (χ2v) is 6.41. The van der Waals surface area contributed by atoms with Crippen molar-refractivity contribution in [2.45, 2.75) is 32.9 Å². The Morgan fingerprint density at radius 2 is 1.76 bits per heavy atom. The first kappa shape index (κ1) is 18.1.